The Morgan fingerprint density at radius 3 is 2.58 bits per heavy atom. The van der Waals surface area contributed by atoms with E-state index < -0.39 is 23.3 Å². The molecule has 1 amide bonds. The maximum atomic E-state index is 13.0. The molecule has 6 nitrogen and oxygen atoms in total. The fourth-order valence-electron chi connectivity index (χ4n) is 2.19. The van der Waals surface area contributed by atoms with E-state index >= 15 is 0 Å². The Morgan fingerprint density at radius 2 is 1.88 bits per heavy atom. The van der Waals surface area contributed by atoms with Gasteiger partial charge < -0.3 is 5.32 Å². The van der Waals surface area contributed by atoms with Crippen LogP contribution in [-0.2, 0) is 17.5 Å². The predicted molar refractivity (Wildman–Crippen MR) is 88.3 cm³/mol. The minimum absolute atomic E-state index is 0.0826. The lowest BCUT2D eigenvalue weighted by atomic mass is 10.1. The molecule has 2 aromatic carbocycles. The SMILES string of the molecule is O=C(Cn1nnc(-c2ccccc2)n1)Nc1ccc(Cl)cc1C(F)(F)F. The van der Waals surface area contributed by atoms with Gasteiger partial charge in [-0.05, 0) is 23.4 Å². The van der Waals surface area contributed by atoms with Gasteiger partial charge >= 0.3 is 6.18 Å². The number of amides is 1. The van der Waals surface area contributed by atoms with Crippen molar-refractivity contribution in [3.63, 3.8) is 0 Å². The monoisotopic (exact) mass is 381 g/mol. The van der Waals surface area contributed by atoms with Crippen molar-refractivity contribution < 1.29 is 18.0 Å². The Kier molecular flexibility index (Phi) is 4.90. The smallest absolute Gasteiger partial charge is 0.324 e. The highest BCUT2D eigenvalue weighted by Crippen LogP contribution is 2.36. The van der Waals surface area contributed by atoms with Crippen LogP contribution in [0, 0.1) is 0 Å². The molecule has 1 aromatic heterocycles. The average molecular weight is 382 g/mol. The van der Waals surface area contributed by atoms with E-state index in [9.17, 15) is 18.0 Å². The summed E-state index contributed by atoms with van der Waals surface area (Å²) in [6.07, 6.45) is -4.65. The normalized spacial score (nSPS) is 11.4. The van der Waals surface area contributed by atoms with E-state index in [1.54, 1.807) is 24.3 Å². The summed E-state index contributed by atoms with van der Waals surface area (Å²) < 4.78 is 39.1. The number of benzene rings is 2. The zero-order chi connectivity index (χ0) is 18.7. The average Bonchev–Trinajstić information content (AvgIpc) is 3.05. The lowest BCUT2D eigenvalue weighted by molar-refractivity contribution is -0.137. The Labute approximate surface area is 150 Å². The van der Waals surface area contributed by atoms with Crippen molar-refractivity contribution in [3.05, 3.63) is 59.1 Å². The van der Waals surface area contributed by atoms with Gasteiger partial charge in [0.25, 0.3) is 0 Å². The molecule has 0 aliphatic carbocycles. The van der Waals surface area contributed by atoms with Crippen LogP contribution in [0.4, 0.5) is 18.9 Å². The summed E-state index contributed by atoms with van der Waals surface area (Å²) in [6.45, 7) is -0.389. The molecule has 0 saturated carbocycles. The largest absolute Gasteiger partial charge is 0.418 e. The molecule has 0 aliphatic heterocycles. The predicted octanol–water partition coefficient (Wildman–Crippen LogP) is 3.65. The molecule has 0 aliphatic rings. The number of tetrazole rings is 1. The third-order valence-electron chi connectivity index (χ3n) is 3.33. The van der Waals surface area contributed by atoms with Gasteiger partial charge in [-0.25, -0.2) is 0 Å². The van der Waals surface area contributed by atoms with E-state index in [2.05, 4.69) is 20.7 Å². The number of aromatic nitrogens is 4. The third-order valence-corrected chi connectivity index (χ3v) is 3.57. The number of carbonyl (C=O) groups excluding carboxylic acids is 1. The molecule has 0 unspecified atom stereocenters. The van der Waals surface area contributed by atoms with Crippen molar-refractivity contribution >= 4 is 23.2 Å². The summed E-state index contributed by atoms with van der Waals surface area (Å²) in [4.78, 5) is 13.1. The summed E-state index contributed by atoms with van der Waals surface area (Å²) >= 11 is 5.61. The van der Waals surface area contributed by atoms with E-state index in [1.807, 2.05) is 6.07 Å². The number of nitrogens with one attached hydrogen (secondary N) is 1. The molecule has 26 heavy (non-hydrogen) atoms. The van der Waals surface area contributed by atoms with Gasteiger partial charge in [-0.3, -0.25) is 4.79 Å². The standard InChI is InChI=1S/C16H11ClF3N5O/c17-11-6-7-13(12(8-11)16(18,19)20)21-14(26)9-25-23-15(22-24-25)10-4-2-1-3-5-10/h1-8H,9H2,(H,21,26). The van der Waals surface area contributed by atoms with Crippen LogP contribution in [0.2, 0.25) is 5.02 Å². The van der Waals surface area contributed by atoms with Crippen molar-refractivity contribution in [3.8, 4) is 11.4 Å². The molecule has 1 heterocycles. The minimum atomic E-state index is -4.65. The lowest BCUT2D eigenvalue weighted by Crippen LogP contribution is -2.22. The molecule has 0 radical (unpaired) electrons. The summed E-state index contributed by atoms with van der Waals surface area (Å²) in [6, 6.07) is 12.0. The fraction of sp³-hybridized carbons (Fsp3) is 0.125. The quantitative estimate of drug-likeness (QED) is 0.748. The van der Waals surface area contributed by atoms with Crippen molar-refractivity contribution in [2.75, 3.05) is 5.32 Å². The zero-order valence-electron chi connectivity index (χ0n) is 13.0. The molecule has 0 saturated heterocycles. The Morgan fingerprint density at radius 1 is 1.15 bits per heavy atom. The number of alkyl halides is 3. The number of nitrogens with zero attached hydrogens (tertiary/aromatic N) is 4. The Bertz CT molecular complexity index is 927. The van der Waals surface area contributed by atoms with Gasteiger partial charge in [-0.2, -0.15) is 18.0 Å². The van der Waals surface area contributed by atoms with Gasteiger partial charge in [-0.1, -0.05) is 41.9 Å². The zero-order valence-corrected chi connectivity index (χ0v) is 13.8. The van der Waals surface area contributed by atoms with Crippen LogP contribution in [0.3, 0.4) is 0 Å². The highest BCUT2D eigenvalue weighted by Gasteiger charge is 2.34. The highest BCUT2D eigenvalue weighted by atomic mass is 35.5. The van der Waals surface area contributed by atoms with E-state index in [-0.39, 0.29) is 11.6 Å². The molecular weight excluding hydrogens is 371 g/mol. The Hall–Kier alpha value is -2.94. The molecule has 0 spiro atoms. The van der Waals surface area contributed by atoms with Gasteiger partial charge in [0.15, 0.2) is 0 Å². The molecule has 134 valence electrons. The van der Waals surface area contributed by atoms with Crippen molar-refractivity contribution in [2.24, 2.45) is 0 Å². The van der Waals surface area contributed by atoms with E-state index in [0.717, 1.165) is 16.9 Å². The van der Waals surface area contributed by atoms with Crippen LogP contribution in [0.15, 0.2) is 48.5 Å². The lowest BCUT2D eigenvalue weighted by Gasteiger charge is -2.13. The number of rotatable bonds is 4. The Balaban J connectivity index is 1.74. The van der Waals surface area contributed by atoms with E-state index in [4.69, 9.17) is 11.6 Å². The first-order valence-electron chi connectivity index (χ1n) is 7.33. The molecule has 10 heteroatoms. The number of carbonyl (C=O) groups is 1. The second-order valence-electron chi connectivity index (χ2n) is 5.25. The first kappa shape index (κ1) is 17.9. The highest BCUT2D eigenvalue weighted by molar-refractivity contribution is 6.30. The molecule has 3 rings (SSSR count). The maximum absolute atomic E-state index is 13.0. The molecule has 1 N–H and O–H groups in total. The van der Waals surface area contributed by atoms with Gasteiger partial charge in [-0.15, -0.1) is 10.2 Å². The van der Waals surface area contributed by atoms with Crippen molar-refractivity contribution in [1.82, 2.24) is 20.2 Å². The molecule has 0 atom stereocenters. The molecule has 0 fully saturated rings. The maximum Gasteiger partial charge on any atom is 0.418 e. The third kappa shape index (κ3) is 4.17. The second kappa shape index (κ2) is 7.12. The first-order valence-corrected chi connectivity index (χ1v) is 7.70. The van der Waals surface area contributed by atoms with Crippen LogP contribution in [0.25, 0.3) is 11.4 Å². The van der Waals surface area contributed by atoms with Crippen LogP contribution in [0.5, 0.6) is 0 Å². The van der Waals surface area contributed by atoms with Gasteiger partial charge in [0, 0.05) is 10.6 Å². The number of halogens is 4. The first-order chi connectivity index (χ1) is 12.3. The number of anilines is 1. The summed E-state index contributed by atoms with van der Waals surface area (Å²) in [5.41, 5.74) is -0.721. The van der Waals surface area contributed by atoms with E-state index in [0.29, 0.717) is 11.4 Å². The van der Waals surface area contributed by atoms with Gasteiger partial charge in [0.1, 0.15) is 6.54 Å². The summed E-state index contributed by atoms with van der Waals surface area (Å²) in [7, 11) is 0. The minimum Gasteiger partial charge on any atom is -0.324 e. The van der Waals surface area contributed by atoms with Crippen molar-refractivity contribution in [2.45, 2.75) is 12.7 Å². The molecular formula is C16H11ClF3N5O. The van der Waals surface area contributed by atoms with Gasteiger partial charge in [0.05, 0.1) is 11.3 Å². The second-order valence-corrected chi connectivity index (χ2v) is 5.68. The molecule has 0 bridgehead atoms. The van der Waals surface area contributed by atoms with Crippen LogP contribution < -0.4 is 5.32 Å². The number of hydrogen-bond donors (Lipinski definition) is 1. The topological polar surface area (TPSA) is 72.7 Å². The fourth-order valence-corrected chi connectivity index (χ4v) is 2.36. The van der Waals surface area contributed by atoms with Crippen LogP contribution in [0.1, 0.15) is 5.56 Å². The van der Waals surface area contributed by atoms with E-state index in [1.165, 1.54) is 6.07 Å². The summed E-state index contributed by atoms with van der Waals surface area (Å²) in [5.74, 6) is -0.421. The van der Waals surface area contributed by atoms with Crippen molar-refractivity contribution in [1.29, 1.82) is 0 Å². The van der Waals surface area contributed by atoms with Crippen LogP contribution in [-0.4, -0.2) is 26.1 Å². The summed E-state index contributed by atoms with van der Waals surface area (Å²) in [5, 5.41) is 13.7. The van der Waals surface area contributed by atoms with Crippen LogP contribution >= 0.6 is 11.6 Å². The molecule has 3 aromatic rings. The number of hydrogen-bond acceptors (Lipinski definition) is 4. The van der Waals surface area contributed by atoms with Gasteiger partial charge in [0.2, 0.25) is 11.7 Å².